The Morgan fingerprint density at radius 3 is 2.50 bits per heavy atom. The number of benzene rings is 1. The van der Waals surface area contributed by atoms with Crippen molar-refractivity contribution in [3.05, 3.63) is 30.1 Å². The van der Waals surface area contributed by atoms with Crippen LogP contribution in [0.3, 0.4) is 0 Å². The van der Waals surface area contributed by atoms with E-state index in [4.69, 9.17) is 4.74 Å². The summed E-state index contributed by atoms with van der Waals surface area (Å²) in [5, 5.41) is 0. The lowest BCUT2D eigenvalue weighted by molar-refractivity contribution is -0.151. The number of piperidine rings is 1. The monoisotopic (exact) mass is 369 g/mol. The molecular formula is C17H18F3N3O3. The van der Waals surface area contributed by atoms with E-state index in [1.54, 1.807) is 12.1 Å². The van der Waals surface area contributed by atoms with Gasteiger partial charge in [-0.05, 0) is 25.0 Å². The molecule has 0 atom stereocenters. The van der Waals surface area contributed by atoms with E-state index < -0.39 is 24.5 Å². The minimum absolute atomic E-state index is 0.192. The standard InChI is InChI=1S/C17H18F3N3O3/c1-26-15(25)11-6-8-22(9-7-11)14(24)10-23-13-5-3-2-4-12(13)21-16(23)17(18,19)20/h2-5,11H,6-10H2,1H3. The summed E-state index contributed by atoms with van der Waals surface area (Å²) in [6, 6.07) is 6.19. The van der Waals surface area contributed by atoms with E-state index in [9.17, 15) is 22.8 Å². The SMILES string of the molecule is COC(=O)C1CCN(C(=O)Cn2c(C(F)(F)F)nc3ccccc32)CC1. The van der Waals surface area contributed by atoms with Crippen LogP contribution in [0.15, 0.2) is 24.3 Å². The Bertz CT molecular complexity index is 824. The van der Waals surface area contributed by atoms with Crippen LogP contribution in [0.25, 0.3) is 11.0 Å². The van der Waals surface area contributed by atoms with E-state index in [0.717, 1.165) is 4.57 Å². The molecule has 0 bridgehead atoms. The molecule has 0 N–H and O–H groups in total. The van der Waals surface area contributed by atoms with Gasteiger partial charge in [0.2, 0.25) is 11.7 Å². The van der Waals surface area contributed by atoms with Gasteiger partial charge in [0.05, 0.1) is 24.1 Å². The summed E-state index contributed by atoms with van der Waals surface area (Å²) in [5.74, 6) is -2.11. The van der Waals surface area contributed by atoms with E-state index >= 15 is 0 Å². The highest BCUT2D eigenvalue weighted by atomic mass is 19.4. The minimum atomic E-state index is -4.66. The van der Waals surface area contributed by atoms with E-state index in [2.05, 4.69) is 4.98 Å². The van der Waals surface area contributed by atoms with Crippen LogP contribution < -0.4 is 0 Å². The number of rotatable bonds is 3. The molecule has 1 aromatic carbocycles. The number of carbonyl (C=O) groups excluding carboxylic acids is 2. The fourth-order valence-electron chi connectivity index (χ4n) is 3.22. The maximum atomic E-state index is 13.3. The summed E-state index contributed by atoms with van der Waals surface area (Å²) < 4.78 is 45.5. The maximum Gasteiger partial charge on any atom is 0.449 e. The second kappa shape index (κ2) is 6.97. The Balaban J connectivity index is 1.79. The van der Waals surface area contributed by atoms with E-state index in [1.807, 2.05) is 0 Å². The van der Waals surface area contributed by atoms with E-state index in [1.165, 1.54) is 24.1 Å². The van der Waals surface area contributed by atoms with Gasteiger partial charge in [-0.1, -0.05) is 12.1 Å². The van der Waals surface area contributed by atoms with Crippen LogP contribution >= 0.6 is 0 Å². The number of fused-ring (bicyclic) bond motifs is 1. The lowest BCUT2D eigenvalue weighted by Crippen LogP contribution is -2.42. The number of ether oxygens (including phenoxy) is 1. The van der Waals surface area contributed by atoms with Gasteiger partial charge < -0.3 is 14.2 Å². The number of nitrogens with zero attached hydrogens (tertiary/aromatic N) is 3. The van der Waals surface area contributed by atoms with Gasteiger partial charge in [-0.15, -0.1) is 0 Å². The molecule has 6 nitrogen and oxygen atoms in total. The van der Waals surface area contributed by atoms with Gasteiger partial charge in [-0.3, -0.25) is 9.59 Å². The van der Waals surface area contributed by atoms with Crippen molar-refractivity contribution in [3.8, 4) is 0 Å². The first-order chi connectivity index (χ1) is 12.3. The van der Waals surface area contributed by atoms with Crippen molar-refractivity contribution in [2.75, 3.05) is 20.2 Å². The molecule has 140 valence electrons. The zero-order chi connectivity index (χ0) is 18.9. The van der Waals surface area contributed by atoms with Crippen LogP contribution in [-0.2, 0) is 27.0 Å². The number of amides is 1. The molecule has 1 aliphatic heterocycles. The first-order valence-electron chi connectivity index (χ1n) is 8.19. The predicted octanol–water partition coefficient (Wildman–Crippen LogP) is 2.47. The number of carbonyl (C=O) groups is 2. The zero-order valence-corrected chi connectivity index (χ0v) is 14.1. The highest BCUT2D eigenvalue weighted by Gasteiger charge is 2.38. The van der Waals surface area contributed by atoms with E-state index in [-0.39, 0.29) is 22.9 Å². The van der Waals surface area contributed by atoms with Crippen LogP contribution in [0.5, 0.6) is 0 Å². The third-order valence-corrected chi connectivity index (χ3v) is 4.58. The molecule has 1 aromatic heterocycles. The molecule has 0 radical (unpaired) electrons. The van der Waals surface area contributed by atoms with Gasteiger partial charge in [0.15, 0.2) is 0 Å². The lowest BCUT2D eigenvalue weighted by Gasteiger charge is -2.31. The maximum absolute atomic E-state index is 13.3. The number of aromatic nitrogens is 2. The number of hydrogen-bond acceptors (Lipinski definition) is 4. The Morgan fingerprint density at radius 2 is 1.88 bits per heavy atom. The number of alkyl halides is 3. The average molecular weight is 369 g/mol. The van der Waals surface area contributed by atoms with Gasteiger partial charge in [-0.25, -0.2) is 4.98 Å². The van der Waals surface area contributed by atoms with Crippen LogP contribution in [-0.4, -0.2) is 46.5 Å². The molecule has 1 aliphatic rings. The Hall–Kier alpha value is -2.58. The summed E-state index contributed by atoms with van der Waals surface area (Å²) in [5.41, 5.74) is 0.453. The summed E-state index contributed by atoms with van der Waals surface area (Å²) >= 11 is 0. The largest absolute Gasteiger partial charge is 0.469 e. The number of hydrogen-bond donors (Lipinski definition) is 0. The van der Waals surface area contributed by atoms with Crippen molar-refractivity contribution >= 4 is 22.9 Å². The van der Waals surface area contributed by atoms with Crippen LogP contribution in [0.1, 0.15) is 18.7 Å². The Kier molecular flexibility index (Phi) is 4.88. The average Bonchev–Trinajstić information content (AvgIpc) is 3.00. The number of halogens is 3. The fourth-order valence-corrected chi connectivity index (χ4v) is 3.22. The number of para-hydroxylation sites is 2. The fraction of sp³-hybridized carbons (Fsp3) is 0.471. The smallest absolute Gasteiger partial charge is 0.449 e. The molecule has 0 spiro atoms. The number of likely N-dealkylation sites (tertiary alicyclic amines) is 1. The third kappa shape index (κ3) is 3.51. The summed E-state index contributed by atoms with van der Waals surface area (Å²) in [4.78, 5) is 29.2. The number of methoxy groups -OCH3 is 1. The zero-order valence-electron chi connectivity index (χ0n) is 14.1. The summed E-state index contributed by atoms with van der Waals surface area (Å²) in [6.07, 6.45) is -3.78. The van der Waals surface area contributed by atoms with Crippen molar-refractivity contribution in [1.82, 2.24) is 14.5 Å². The minimum Gasteiger partial charge on any atom is -0.469 e. The van der Waals surface area contributed by atoms with Crippen LogP contribution in [0.4, 0.5) is 13.2 Å². The van der Waals surface area contributed by atoms with Crippen molar-refractivity contribution < 1.29 is 27.5 Å². The second-order valence-corrected chi connectivity index (χ2v) is 6.19. The molecule has 1 fully saturated rings. The Morgan fingerprint density at radius 1 is 1.23 bits per heavy atom. The van der Waals surface area contributed by atoms with Gasteiger partial charge >= 0.3 is 12.1 Å². The molecule has 0 saturated carbocycles. The molecule has 2 heterocycles. The Labute approximate surface area is 147 Å². The van der Waals surface area contributed by atoms with Gasteiger partial charge in [0, 0.05) is 13.1 Å². The summed E-state index contributed by atoms with van der Waals surface area (Å²) in [6.45, 7) is 0.178. The molecular weight excluding hydrogens is 351 g/mol. The van der Waals surface area contributed by atoms with Crippen LogP contribution in [0.2, 0.25) is 0 Å². The predicted molar refractivity (Wildman–Crippen MR) is 86.1 cm³/mol. The molecule has 3 rings (SSSR count). The van der Waals surface area contributed by atoms with E-state index in [0.29, 0.717) is 25.9 Å². The first kappa shape index (κ1) is 18.2. The molecule has 2 aromatic rings. The quantitative estimate of drug-likeness (QED) is 0.780. The summed E-state index contributed by atoms with van der Waals surface area (Å²) in [7, 11) is 1.31. The molecule has 1 amide bonds. The lowest BCUT2D eigenvalue weighted by atomic mass is 9.97. The van der Waals surface area contributed by atoms with Gasteiger partial charge in [0.1, 0.15) is 6.54 Å². The molecule has 9 heteroatoms. The van der Waals surface area contributed by atoms with Crippen LogP contribution in [0, 0.1) is 5.92 Å². The molecule has 26 heavy (non-hydrogen) atoms. The number of imidazole rings is 1. The van der Waals surface area contributed by atoms with Crippen molar-refractivity contribution in [2.45, 2.75) is 25.6 Å². The topological polar surface area (TPSA) is 64.4 Å². The first-order valence-corrected chi connectivity index (χ1v) is 8.19. The second-order valence-electron chi connectivity index (χ2n) is 6.19. The number of esters is 1. The van der Waals surface area contributed by atoms with Crippen molar-refractivity contribution in [1.29, 1.82) is 0 Å². The van der Waals surface area contributed by atoms with Gasteiger partial charge in [-0.2, -0.15) is 13.2 Å². The molecule has 0 unspecified atom stereocenters. The molecule has 0 aliphatic carbocycles. The highest BCUT2D eigenvalue weighted by Crippen LogP contribution is 2.31. The highest BCUT2D eigenvalue weighted by molar-refractivity contribution is 5.81. The van der Waals surface area contributed by atoms with Crippen molar-refractivity contribution in [2.24, 2.45) is 5.92 Å². The van der Waals surface area contributed by atoms with Gasteiger partial charge in [0.25, 0.3) is 0 Å². The third-order valence-electron chi connectivity index (χ3n) is 4.58. The van der Waals surface area contributed by atoms with Crippen molar-refractivity contribution in [3.63, 3.8) is 0 Å². The normalized spacial score (nSPS) is 16.1. The molecule has 1 saturated heterocycles.